The van der Waals surface area contributed by atoms with Crippen LogP contribution in [0.2, 0.25) is 0 Å². The minimum Gasteiger partial charge on any atom is -0.347 e. The number of aromatic nitrogens is 2. The van der Waals surface area contributed by atoms with Crippen LogP contribution in [0.1, 0.15) is 21.7 Å². The SMILES string of the molecule is O=C(NCc1ccccc1)c1cc2n(n1)CCN(S(=O)(=O)c1ccc(F)cc1F)C2. The van der Waals surface area contributed by atoms with E-state index in [-0.39, 0.29) is 31.2 Å². The van der Waals surface area contributed by atoms with E-state index in [1.54, 1.807) is 4.68 Å². The molecule has 0 unspecified atom stereocenters. The second-order valence-corrected chi connectivity index (χ2v) is 8.73. The fourth-order valence-electron chi connectivity index (χ4n) is 3.25. The van der Waals surface area contributed by atoms with Crippen LogP contribution in [0.5, 0.6) is 0 Å². The summed E-state index contributed by atoms with van der Waals surface area (Å²) in [5, 5.41) is 7.01. The van der Waals surface area contributed by atoms with Crippen molar-refractivity contribution >= 4 is 15.9 Å². The first-order valence-corrected chi connectivity index (χ1v) is 10.6. The molecule has 0 radical (unpaired) electrons. The zero-order valence-corrected chi connectivity index (χ0v) is 16.6. The van der Waals surface area contributed by atoms with E-state index in [1.165, 1.54) is 6.07 Å². The third-order valence-corrected chi connectivity index (χ3v) is 6.68. The molecular formula is C20H18F2N4O3S. The van der Waals surface area contributed by atoms with Gasteiger partial charge in [-0.3, -0.25) is 9.48 Å². The van der Waals surface area contributed by atoms with Gasteiger partial charge in [-0.2, -0.15) is 9.40 Å². The first-order chi connectivity index (χ1) is 14.3. The lowest BCUT2D eigenvalue weighted by Crippen LogP contribution is -2.38. The average Bonchev–Trinajstić information content (AvgIpc) is 3.16. The smallest absolute Gasteiger partial charge is 0.272 e. The Labute approximate surface area is 172 Å². The topological polar surface area (TPSA) is 84.3 Å². The molecule has 1 amide bonds. The summed E-state index contributed by atoms with van der Waals surface area (Å²) in [4.78, 5) is 11.8. The van der Waals surface area contributed by atoms with Gasteiger partial charge in [-0.15, -0.1) is 0 Å². The number of nitrogens with zero attached hydrogens (tertiary/aromatic N) is 3. The third kappa shape index (κ3) is 3.96. The zero-order valence-electron chi connectivity index (χ0n) is 15.8. The Bertz CT molecular complexity index is 1200. The van der Waals surface area contributed by atoms with Gasteiger partial charge in [-0.25, -0.2) is 17.2 Å². The maximum absolute atomic E-state index is 14.0. The largest absolute Gasteiger partial charge is 0.347 e. The summed E-state index contributed by atoms with van der Waals surface area (Å²) < 4.78 is 55.4. The molecule has 7 nitrogen and oxygen atoms in total. The molecule has 2 aromatic carbocycles. The fraction of sp³-hybridized carbons (Fsp3) is 0.200. The van der Waals surface area contributed by atoms with Crippen molar-refractivity contribution in [3.8, 4) is 0 Å². The molecule has 10 heteroatoms. The van der Waals surface area contributed by atoms with Crippen molar-refractivity contribution < 1.29 is 22.0 Å². The third-order valence-electron chi connectivity index (χ3n) is 4.80. The van der Waals surface area contributed by atoms with Gasteiger partial charge in [0, 0.05) is 19.2 Å². The lowest BCUT2D eigenvalue weighted by molar-refractivity contribution is 0.0945. The molecule has 0 saturated carbocycles. The molecule has 3 aromatic rings. The molecule has 30 heavy (non-hydrogen) atoms. The number of amides is 1. The summed E-state index contributed by atoms with van der Waals surface area (Å²) in [6.45, 7) is 0.534. The van der Waals surface area contributed by atoms with Crippen molar-refractivity contribution in [1.82, 2.24) is 19.4 Å². The Kier molecular flexibility index (Phi) is 5.35. The van der Waals surface area contributed by atoms with Gasteiger partial charge in [-0.05, 0) is 23.8 Å². The number of fused-ring (bicyclic) bond motifs is 1. The molecule has 0 fully saturated rings. The molecule has 4 rings (SSSR count). The van der Waals surface area contributed by atoms with Crippen LogP contribution in [0.3, 0.4) is 0 Å². The van der Waals surface area contributed by atoms with Crippen LogP contribution in [0.15, 0.2) is 59.5 Å². The standard InChI is InChI=1S/C20H18F2N4O3S/c21-15-6-7-19(17(22)10-15)30(28,29)25-8-9-26-16(13-25)11-18(24-26)20(27)23-12-14-4-2-1-3-5-14/h1-7,10-11H,8-9,12-13H2,(H,23,27). The maximum atomic E-state index is 14.0. The van der Waals surface area contributed by atoms with E-state index in [0.717, 1.165) is 22.0 Å². The molecule has 0 bridgehead atoms. The Balaban J connectivity index is 1.49. The van der Waals surface area contributed by atoms with E-state index in [9.17, 15) is 22.0 Å². The Morgan fingerprint density at radius 3 is 2.57 bits per heavy atom. The van der Waals surface area contributed by atoms with Gasteiger partial charge < -0.3 is 5.32 Å². The molecule has 0 spiro atoms. The highest BCUT2D eigenvalue weighted by Gasteiger charge is 2.32. The second-order valence-electron chi connectivity index (χ2n) is 6.83. The monoisotopic (exact) mass is 432 g/mol. The summed E-state index contributed by atoms with van der Waals surface area (Å²) in [7, 11) is -4.16. The van der Waals surface area contributed by atoms with Crippen molar-refractivity contribution in [3.63, 3.8) is 0 Å². The van der Waals surface area contributed by atoms with Crippen molar-refractivity contribution in [2.75, 3.05) is 6.54 Å². The highest BCUT2D eigenvalue weighted by molar-refractivity contribution is 7.89. The summed E-state index contributed by atoms with van der Waals surface area (Å²) in [6.07, 6.45) is 0. The quantitative estimate of drug-likeness (QED) is 0.671. The molecule has 0 atom stereocenters. The van der Waals surface area contributed by atoms with E-state index >= 15 is 0 Å². The fourth-order valence-corrected chi connectivity index (χ4v) is 4.70. The molecule has 0 saturated heterocycles. The van der Waals surface area contributed by atoms with E-state index in [0.29, 0.717) is 18.3 Å². The minimum atomic E-state index is -4.16. The molecular weight excluding hydrogens is 414 g/mol. The predicted octanol–water partition coefficient (Wildman–Crippen LogP) is 2.30. The number of hydrogen-bond acceptors (Lipinski definition) is 4. The summed E-state index contributed by atoms with van der Waals surface area (Å²) in [5.74, 6) is -2.37. The number of halogens is 2. The number of rotatable bonds is 5. The average molecular weight is 432 g/mol. The highest BCUT2D eigenvalue weighted by Crippen LogP contribution is 2.24. The first-order valence-electron chi connectivity index (χ1n) is 9.18. The number of nitrogens with one attached hydrogen (secondary N) is 1. The van der Waals surface area contributed by atoms with E-state index in [1.807, 2.05) is 30.3 Å². The van der Waals surface area contributed by atoms with Gasteiger partial charge in [0.05, 0.1) is 18.8 Å². The predicted molar refractivity (Wildman–Crippen MR) is 104 cm³/mol. The van der Waals surface area contributed by atoms with Crippen molar-refractivity contribution in [3.05, 3.63) is 83.2 Å². The number of benzene rings is 2. The van der Waals surface area contributed by atoms with Gasteiger partial charge in [-0.1, -0.05) is 30.3 Å². The van der Waals surface area contributed by atoms with E-state index in [4.69, 9.17) is 0 Å². The Hall–Kier alpha value is -3.11. The number of carbonyl (C=O) groups is 1. The summed E-state index contributed by atoms with van der Waals surface area (Å²) >= 11 is 0. The summed E-state index contributed by atoms with van der Waals surface area (Å²) in [6, 6.07) is 13.3. The van der Waals surface area contributed by atoms with Gasteiger partial charge in [0.2, 0.25) is 10.0 Å². The molecule has 0 aliphatic carbocycles. The Morgan fingerprint density at radius 1 is 1.07 bits per heavy atom. The second kappa shape index (κ2) is 7.96. The molecule has 1 aromatic heterocycles. The molecule has 1 N–H and O–H groups in total. The highest BCUT2D eigenvalue weighted by atomic mass is 32.2. The Morgan fingerprint density at radius 2 is 1.83 bits per heavy atom. The molecule has 2 heterocycles. The van der Waals surface area contributed by atoms with Gasteiger partial charge >= 0.3 is 0 Å². The van der Waals surface area contributed by atoms with Crippen molar-refractivity contribution in [2.24, 2.45) is 0 Å². The van der Waals surface area contributed by atoms with Crippen molar-refractivity contribution in [2.45, 2.75) is 24.5 Å². The normalized spacial score (nSPS) is 14.3. The van der Waals surface area contributed by atoms with Crippen LogP contribution in [0.4, 0.5) is 8.78 Å². The molecule has 1 aliphatic heterocycles. The zero-order chi connectivity index (χ0) is 21.3. The molecule has 1 aliphatic rings. The van der Waals surface area contributed by atoms with E-state index in [2.05, 4.69) is 10.4 Å². The number of carbonyl (C=O) groups excluding carboxylic acids is 1. The van der Waals surface area contributed by atoms with Crippen LogP contribution in [-0.4, -0.2) is 35.0 Å². The van der Waals surface area contributed by atoms with Crippen LogP contribution in [-0.2, 0) is 29.7 Å². The number of hydrogen-bond donors (Lipinski definition) is 1. The van der Waals surface area contributed by atoms with Crippen LogP contribution in [0.25, 0.3) is 0 Å². The van der Waals surface area contributed by atoms with E-state index < -0.39 is 26.6 Å². The van der Waals surface area contributed by atoms with Crippen LogP contribution >= 0.6 is 0 Å². The summed E-state index contributed by atoms with van der Waals surface area (Å²) in [5.41, 5.74) is 1.62. The maximum Gasteiger partial charge on any atom is 0.272 e. The first kappa shape index (κ1) is 20.2. The van der Waals surface area contributed by atoms with Crippen LogP contribution in [0, 0.1) is 11.6 Å². The number of sulfonamides is 1. The van der Waals surface area contributed by atoms with Gasteiger partial charge in [0.15, 0.2) is 5.69 Å². The molecule has 156 valence electrons. The van der Waals surface area contributed by atoms with Gasteiger partial charge in [0.25, 0.3) is 5.91 Å². The van der Waals surface area contributed by atoms with Crippen LogP contribution < -0.4 is 5.32 Å². The van der Waals surface area contributed by atoms with Crippen molar-refractivity contribution in [1.29, 1.82) is 0 Å². The van der Waals surface area contributed by atoms with Gasteiger partial charge in [0.1, 0.15) is 16.5 Å². The minimum absolute atomic E-state index is 0.0545. The lowest BCUT2D eigenvalue weighted by Gasteiger charge is -2.27. The lowest BCUT2D eigenvalue weighted by atomic mass is 10.2.